The lowest BCUT2D eigenvalue weighted by molar-refractivity contribution is 0.289. The molecule has 1 saturated carbocycles. The second-order valence-corrected chi connectivity index (χ2v) is 4.34. The van der Waals surface area contributed by atoms with Crippen molar-refractivity contribution in [2.75, 3.05) is 30.4 Å². The first-order chi connectivity index (χ1) is 8.33. The molecule has 1 aliphatic carbocycles. The van der Waals surface area contributed by atoms with E-state index in [4.69, 9.17) is 5.84 Å². The number of hydrogen-bond acceptors (Lipinski definition) is 5. The van der Waals surface area contributed by atoms with Gasteiger partial charge in [0.15, 0.2) is 0 Å². The van der Waals surface area contributed by atoms with Crippen LogP contribution in [0.2, 0.25) is 0 Å². The van der Waals surface area contributed by atoms with Gasteiger partial charge in [0.05, 0.1) is 0 Å². The highest BCUT2D eigenvalue weighted by Crippen LogP contribution is 2.25. The number of nitrogen functional groups attached to an aromatic ring is 1. The van der Waals surface area contributed by atoms with Gasteiger partial charge in [0.25, 0.3) is 0 Å². The molecule has 1 fully saturated rings. The molecule has 5 nitrogen and oxygen atoms in total. The van der Waals surface area contributed by atoms with Crippen molar-refractivity contribution in [2.45, 2.75) is 25.8 Å². The quantitative estimate of drug-likeness (QED) is 0.490. The van der Waals surface area contributed by atoms with E-state index in [1.54, 1.807) is 0 Å². The Morgan fingerprint density at radius 2 is 2.18 bits per heavy atom. The molecule has 1 heterocycles. The van der Waals surface area contributed by atoms with Gasteiger partial charge in [0, 0.05) is 19.1 Å². The summed E-state index contributed by atoms with van der Waals surface area (Å²) < 4.78 is 0. The van der Waals surface area contributed by atoms with Gasteiger partial charge in [0.2, 0.25) is 0 Å². The summed E-state index contributed by atoms with van der Waals surface area (Å²) in [5, 5.41) is 3.32. The zero-order chi connectivity index (χ0) is 12.1. The zero-order valence-corrected chi connectivity index (χ0v) is 10.3. The molecule has 1 aromatic rings. The van der Waals surface area contributed by atoms with Gasteiger partial charge in [-0.25, -0.2) is 10.8 Å². The van der Waals surface area contributed by atoms with Crippen LogP contribution in [0.25, 0.3) is 0 Å². The van der Waals surface area contributed by atoms with Crippen molar-refractivity contribution in [2.24, 2.45) is 5.84 Å². The highest BCUT2D eigenvalue weighted by Gasteiger charge is 2.26. The Balaban J connectivity index is 1.76. The molecule has 0 amide bonds. The van der Waals surface area contributed by atoms with Crippen LogP contribution in [-0.2, 0) is 0 Å². The van der Waals surface area contributed by atoms with Crippen LogP contribution in [0.4, 0.5) is 11.6 Å². The number of rotatable bonds is 7. The number of nitrogens with two attached hydrogens (primary N) is 1. The highest BCUT2D eigenvalue weighted by atomic mass is 15.3. The van der Waals surface area contributed by atoms with Crippen molar-refractivity contribution in [3.8, 4) is 0 Å². The van der Waals surface area contributed by atoms with Gasteiger partial charge in [-0.15, -0.1) is 0 Å². The van der Waals surface area contributed by atoms with Crippen molar-refractivity contribution in [1.29, 1.82) is 0 Å². The first-order valence-corrected chi connectivity index (χ1v) is 6.25. The average molecular weight is 235 g/mol. The minimum absolute atomic E-state index is 0.685. The summed E-state index contributed by atoms with van der Waals surface area (Å²) >= 11 is 0. The van der Waals surface area contributed by atoms with E-state index >= 15 is 0 Å². The Kier molecular flexibility index (Phi) is 4.17. The minimum Gasteiger partial charge on any atom is -0.369 e. The van der Waals surface area contributed by atoms with Crippen LogP contribution in [0.5, 0.6) is 0 Å². The SMILES string of the molecule is CCN(CCNc1cccc(NN)n1)C1CC1. The van der Waals surface area contributed by atoms with Crippen LogP contribution in [0.3, 0.4) is 0 Å². The molecule has 5 heteroatoms. The summed E-state index contributed by atoms with van der Waals surface area (Å²) in [6.45, 7) is 5.34. The monoisotopic (exact) mass is 235 g/mol. The lowest BCUT2D eigenvalue weighted by atomic mass is 10.4. The van der Waals surface area contributed by atoms with Crippen LogP contribution < -0.4 is 16.6 Å². The predicted octanol–water partition coefficient (Wildman–Crippen LogP) is 1.26. The number of anilines is 2. The highest BCUT2D eigenvalue weighted by molar-refractivity contribution is 5.44. The van der Waals surface area contributed by atoms with Crippen molar-refractivity contribution < 1.29 is 0 Å². The number of hydrogen-bond donors (Lipinski definition) is 3. The smallest absolute Gasteiger partial charge is 0.142 e. The van der Waals surface area contributed by atoms with E-state index < -0.39 is 0 Å². The maximum atomic E-state index is 5.32. The number of pyridine rings is 1. The molecule has 4 N–H and O–H groups in total. The number of nitrogens with zero attached hydrogens (tertiary/aromatic N) is 2. The van der Waals surface area contributed by atoms with Gasteiger partial charge in [-0.1, -0.05) is 13.0 Å². The van der Waals surface area contributed by atoms with Crippen molar-refractivity contribution >= 4 is 11.6 Å². The summed E-state index contributed by atoms with van der Waals surface area (Å²) in [4.78, 5) is 6.82. The van der Waals surface area contributed by atoms with Crippen LogP contribution in [0.15, 0.2) is 18.2 Å². The standard InChI is InChI=1S/C12H21N5/c1-2-17(10-6-7-10)9-8-14-11-4-3-5-12(15-11)16-13/h3-5,10H,2,6-9,13H2,1H3,(H2,14,15,16). The number of aromatic nitrogens is 1. The second kappa shape index (κ2) is 5.84. The molecule has 1 aromatic heterocycles. The fourth-order valence-corrected chi connectivity index (χ4v) is 1.98. The van der Waals surface area contributed by atoms with Gasteiger partial charge in [0.1, 0.15) is 11.6 Å². The van der Waals surface area contributed by atoms with Gasteiger partial charge in [-0.3, -0.25) is 4.90 Å². The topological polar surface area (TPSA) is 66.2 Å². The Labute approximate surface area is 102 Å². The lowest BCUT2D eigenvalue weighted by Crippen LogP contribution is -2.31. The van der Waals surface area contributed by atoms with E-state index in [2.05, 4.69) is 27.6 Å². The Morgan fingerprint density at radius 1 is 1.41 bits per heavy atom. The van der Waals surface area contributed by atoms with Crippen LogP contribution >= 0.6 is 0 Å². The van der Waals surface area contributed by atoms with E-state index in [0.717, 1.165) is 31.5 Å². The van der Waals surface area contributed by atoms with Crippen LogP contribution in [0, 0.1) is 0 Å². The van der Waals surface area contributed by atoms with Gasteiger partial charge in [-0.05, 0) is 31.5 Å². The first-order valence-electron chi connectivity index (χ1n) is 6.25. The third kappa shape index (κ3) is 3.57. The summed E-state index contributed by atoms with van der Waals surface area (Å²) in [5.74, 6) is 6.87. The molecule has 94 valence electrons. The Bertz CT molecular complexity index is 351. The number of likely N-dealkylation sites (N-methyl/N-ethyl adjacent to an activating group) is 1. The third-order valence-electron chi connectivity index (χ3n) is 3.07. The molecule has 0 atom stereocenters. The molecule has 0 unspecified atom stereocenters. The molecule has 0 spiro atoms. The first kappa shape index (κ1) is 12.1. The molecule has 1 aliphatic rings. The number of hydrazine groups is 1. The molecule has 0 aromatic carbocycles. The zero-order valence-electron chi connectivity index (χ0n) is 10.3. The Morgan fingerprint density at radius 3 is 2.82 bits per heavy atom. The summed E-state index contributed by atoms with van der Waals surface area (Å²) in [5.41, 5.74) is 2.54. The second-order valence-electron chi connectivity index (χ2n) is 4.34. The molecule has 0 aliphatic heterocycles. The van der Waals surface area contributed by atoms with E-state index in [1.165, 1.54) is 12.8 Å². The predicted molar refractivity (Wildman–Crippen MR) is 70.8 cm³/mol. The fourth-order valence-electron chi connectivity index (χ4n) is 1.98. The van der Waals surface area contributed by atoms with Crippen molar-refractivity contribution in [3.63, 3.8) is 0 Å². The normalized spacial score (nSPS) is 15.0. The molecule has 17 heavy (non-hydrogen) atoms. The maximum absolute atomic E-state index is 5.32. The largest absolute Gasteiger partial charge is 0.369 e. The lowest BCUT2D eigenvalue weighted by Gasteiger charge is -2.19. The molecule has 0 radical (unpaired) electrons. The van der Waals surface area contributed by atoms with E-state index in [1.807, 2.05) is 18.2 Å². The van der Waals surface area contributed by atoms with E-state index in [-0.39, 0.29) is 0 Å². The summed E-state index contributed by atoms with van der Waals surface area (Å²) in [7, 11) is 0. The minimum atomic E-state index is 0.685. The molecule has 0 saturated heterocycles. The van der Waals surface area contributed by atoms with Crippen LogP contribution in [-0.4, -0.2) is 35.6 Å². The van der Waals surface area contributed by atoms with E-state index in [9.17, 15) is 0 Å². The van der Waals surface area contributed by atoms with Crippen LogP contribution in [0.1, 0.15) is 19.8 Å². The maximum Gasteiger partial charge on any atom is 0.142 e. The number of nitrogens with one attached hydrogen (secondary N) is 2. The summed E-state index contributed by atoms with van der Waals surface area (Å²) in [6.07, 6.45) is 2.72. The van der Waals surface area contributed by atoms with Gasteiger partial charge >= 0.3 is 0 Å². The molecule has 0 bridgehead atoms. The average Bonchev–Trinajstić information content (AvgIpc) is 3.19. The summed E-state index contributed by atoms with van der Waals surface area (Å²) in [6, 6.07) is 6.55. The molecular formula is C12H21N5. The third-order valence-corrected chi connectivity index (χ3v) is 3.07. The fraction of sp³-hybridized carbons (Fsp3) is 0.583. The van der Waals surface area contributed by atoms with Gasteiger partial charge < -0.3 is 10.7 Å². The molecule has 2 rings (SSSR count). The van der Waals surface area contributed by atoms with Crippen molar-refractivity contribution in [1.82, 2.24) is 9.88 Å². The van der Waals surface area contributed by atoms with Crippen molar-refractivity contribution in [3.05, 3.63) is 18.2 Å². The Hall–Kier alpha value is -1.33. The van der Waals surface area contributed by atoms with Gasteiger partial charge in [-0.2, -0.15) is 0 Å². The van der Waals surface area contributed by atoms with E-state index in [0.29, 0.717) is 5.82 Å². The molecular weight excluding hydrogens is 214 g/mol.